The van der Waals surface area contributed by atoms with Crippen molar-refractivity contribution in [2.75, 3.05) is 6.54 Å². The van der Waals surface area contributed by atoms with Crippen molar-refractivity contribution in [1.29, 1.82) is 0 Å². The predicted molar refractivity (Wildman–Crippen MR) is 56.8 cm³/mol. The van der Waals surface area contributed by atoms with Gasteiger partial charge in [0.15, 0.2) is 0 Å². The topological polar surface area (TPSA) is 3.24 Å². The quantitative estimate of drug-likeness (QED) is 0.601. The van der Waals surface area contributed by atoms with Crippen LogP contribution in [0.15, 0.2) is 0 Å². The minimum Gasteiger partial charge on any atom is -0.298 e. The molecule has 13 heavy (non-hydrogen) atoms. The van der Waals surface area contributed by atoms with Crippen molar-refractivity contribution in [3.05, 3.63) is 0 Å². The van der Waals surface area contributed by atoms with Crippen molar-refractivity contribution in [3.8, 4) is 0 Å². The Balaban J connectivity index is 2.05. The van der Waals surface area contributed by atoms with Crippen LogP contribution >= 0.6 is 0 Å². The number of hydrogen-bond donors (Lipinski definition) is 0. The monoisotopic (exact) mass is 181 g/mol. The lowest BCUT2D eigenvalue weighted by atomic mass is 9.84. The summed E-state index contributed by atoms with van der Waals surface area (Å²) in [6.45, 7) is 8.47. The molecule has 0 amide bonds. The van der Waals surface area contributed by atoms with E-state index in [2.05, 4.69) is 25.7 Å². The Labute approximate surface area is 82.5 Å². The van der Waals surface area contributed by atoms with Crippen LogP contribution in [0.1, 0.15) is 52.9 Å². The molecule has 0 unspecified atom stereocenters. The molecule has 76 valence electrons. The average Bonchev–Trinajstić information content (AvgIpc) is 2.60. The molecule has 0 aromatic rings. The van der Waals surface area contributed by atoms with Crippen molar-refractivity contribution in [3.63, 3.8) is 0 Å². The van der Waals surface area contributed by atoms with Gasteiger partial charge in [-0.05, 0) is 45.4 Å². The van der Waals surface area contributed by atoms with Crippen molar-refractivity contribution in [1.82, 2.24) is 4.90 Å². The molecule has 1 heterocycles. The third-order valence-corrected chi connectivity index (χ3v) is 4.14. The second-order valence-electron chi connectivity index (χ2n) is 5.53. The van der Waals surface area contributed by atoms with Gasteiger partial charge in [-0.2, -0.15) is 0 Å². The molecule has 0 N–H and O–H groups in total. The van der Waals surface area contributed by atoms with Crippen molar-refractivity contribution in [2.24, 2.45) is 5.41 Å². The number of likely N-dealkylation sites (tertiary alicyclic amines) is 1. The van der Waals surface area contributed by atoms with E-state index in [1.165, 1.54) is 38.6 Å². The van der Waals surface area contributed by atoms with Crippen LogP contribution in [0, 0.1) is 5.41 Å². The van der Waals surface area contributed by atoms with Crippen LogP contribution < -0.4 is 0 Å². The van der Waals surface area contributed by atoms with Gasteiger partial charge in [-0.15, -0.1) is 0 Å². The van der Waals surface area contributed by atoms with Gasteiger partial charge in [0.2, 0.25) is 0 Å². The molecule has 0 radical (unpaired) electrons. The Morgan fingerprint density at radius 1 is 1.23 bits per heavy atom. The largest absolute Gasteiger partial charge is 0.298 e. The molecule has 0 aromatic heterocycles. The van der Waals surface area contributed by atoms with Crippen molar-refractivity contribution >= 4 is 0 Å². The SMILES string of the molecule is CC(C)N1CC2(CCCC2)C[C@@H]1C. The van der Waals surface area contributed by atoms with Crippen LogP contribution in [0.4, 0.5) is 0 Å². The summed E-state index contributed by atoms with van der Waals surface area (Å²) in [7, 11) is 0. The molecule has 2 rings (SSSR count). The van der Waals surface area contributed by atoms with Crippen LogP contribution in [0.3, 0.4) is 0 Å². The van der Waals surface area contributed by atoms with E-state index in [0.717, 1.165) is 17.5 Å². The highest BCUT2D eigenvalue weighted by Gasteiger charge is 2.44. The molecule has 0 bridgehead atoms. The second-order valence-corrected chi connectivity index (χ2v) is 5.53. The molecular formula is C12H23N. The first-order valence-corrected chi connectivity index (χ1v) is 5.89. The fourth-order valence-electron chi connectivity index (χ4n) is 3.53. The Morgan fingerprint density at radius 3 is 2.31 bits per heavy atom. The average molecular weight is 181 g/mol. The predicted octanol–water partition coefficient (Wildman–Crippen LogP) is 3.05. The van der Waals surface area contributed by atoms with Gasteiger partial charge in [0, 0.05) is 18.6 Å². The lowest BCUT2D eigenvalue weighted by molar-refractivity contribution is 0.195. The molecule has 1 spiro atoms. The van der Waals surface area contributed by atoms with Gasteiger partial charge < -0.3 is 0 Å². The fourth-order valence-corrected chi connectivity index (χ4v) is 3.53. The zero-order chi connectivity index (χ0) is 9.47. The van der Waals surface area contributed by atoms with Crippen LogP contribution in [0.5, 0.6) is 0 Å². The third-order valence-electron chi connectivity index (χ3n) is 4.14. The summed E-state index contributed by atoms with van der Waals surface area (Å²) in [6.07, 6.45) is 7.43. The molecule has 2 fully saturated rings. The van der Waals surface area contributed by atoms with Gasteiger partial charge in [0.1, 0.15) is 0 Å². The van der Waals surface area contributed by atoms with Gasteiger partial charge in [-0.3, -0.25) is 4.90 Å². The highest BCUT2D eigenvalue weighted by atomic mass is 15.2. The van der Waals surface area contributed by atoms with Crippen molar-refractivity contribution in [2.45, 2.75) is 65.0 Å². The summed E-state index contributed by atoms with van der Waals surface area (Å²) < 4.78 is 0. The van der Waals surface area contributed by atoms with Gasteiger partial charge in [-0.25, -0.2) is 0 Å². The van der Waals surface area contributed by atoms with Crippen LogP contribution in [-0.4, -0.2) is 23.5 Å². The molecule has 1 heteroatoms. The van der Waals surface area contributed by atoms with E-state index in [9.17, 15) is 0 Å². The van der Waals surface area contributed by atoms with Gasteiger partial charge in [-0.1, -0.05) is 12.8 Å². The standard InChI is InChI=1S/C12H23N/c1-10(2)13-9-12(8-11(13)3)6-4-5-7-12/h10-11H,4-9H2,1-3H3/t11-/m0/s1. The normalized spacial score (nSPS) is 33.7. The van der Waals surface area contributed by atoms with Crippen LogP contribution in [-0.2, 0) is 0 Å². The van der Waals surface area contributed by atoms with E-state index in [-0.39, 0.29) is 0 Å². The first-order valence-electron chi connectivity index (χ1n) is 5.89. The Morgan fingerprint density at radius 2 is 1.85 bits per heavy atom. The maximum Gasteiger partial charge on any atom is 0.00756 e. The first kappa shape index (κ1) is 9.51. The molecule has 1 aliphatic carbocycles. The van der Waals surface area contributed by atoms with Gasteiger partial charge >= 0.3 is 0 Å². The summed E-state index contributed by atoms with van der Waals surface area (Å²) in [5, 5.41) is 0. The van der Waals surface area contributed by atoms with E-state index < -0.39 is 0 Å². The maximum absolute atomic E-state index is 2.70. The molecule has 1 saturated heterocycles. The number of rotatable bonds is 1. The Hall–Kier alpha value is -0.0400. The summed E-state index contributed by atoms with van der Waals surface area (Å²) in [6, 6.07) is 1.58. The summed E-state index contributed by atoms with van der Waals surface area (Å²) >= 11 is 0. The number of nitrogens with zero attached hydrogens (tertiary/aromatic N) is 1. The summed E-state index contributed by atoms with van der Waals surface area (Å²) in [5.41, 5.74) is 0.740. The zero-order valence-electron chi connectivity index (χ0n) is 9.34. The first-order chi connectivity index (χ1) is 6.13. The van der Waals surface area contributed by atoms with Gasteiger partial charge in [0.25, 0.3) is 0 Å². The second kappa shape index (κ2) is 3.27. The van der Waals surface area contributed by atoms with Crippen LogP contribution in [0.2, 0.25) is 0 Å². The summed E-state index contributed by atoms with van der Waals surface area (Å²) in [5.74, 6) is 0. The molecule has 1 atom stereocenters. The van der Waals surface area contributed by atoms with E-state index in [0.29, 0.717) is 0 Å². The smallest absolute Gasteiger partial charge is 0.00756 e. The van der Waals surface area contributed by atoms with E-state index in [1.54, 1.807) is 0 Å². The van der Waals surface area contributed by atoms with E-state index in [4.69, 9.17) is 0 Å². The molecule has 1 nitrogen and oxygen atoms in total. The lowest BCUT2D eigenvalue weighted by Gasteiger charge is -2.27. The minimum atomic E-state index is 0.740. The Kier molecular flexibility index (Phi) is 2.39. The van der Waals surface area contributed by atoms with Gasteiger partial charge in [0.05, 0.1) is 0 Å². The third kappa shape index (κ3) is 1.63. The lowest BCUT2D eigenvalue weighted by Crippen LogP contribution is -2.34. The molecular weight excluding hydrogens is 158 g/mol. The molecule has 2 aliphatic rings. The van der Waals surface area contributed by atoms with E-state index in [1.807, 2.05) is 0 Å². The zero-order valence-corrected chi connectivity index (χ0v) is 9.34. The number of hydrogen-bond acceptors (Lipinski definition) is 1. The van der Waals surface area contributed by atoms with Crippen LogP contribution in [0.25, 0.3) is 0 Å². The maximum atomic E-state index is 2.70. The molecule has 0 aromatic carbocycles. The minimum absolute atomic E-state index is 0.740. The highest BCUT2D eigenvalue weighted by Crippen LogP contribution is 2.47. The van der Waals surface area contributed by atoms with E-state index >= 15 is 0 Å². The summed E-state index contributed by atoms with van der Waals surface area (Å²) in [4.78, 5) is 2.70. The Bertz CT molecular complexity index is 180. The molecule has 1 saturated carbocycles. The molecule has 1 aliphatic heterocycles. The highest BCUT2D eigenvalue weighted by molar-refractivity contribution is 4.97. The van der Waals surface area contributed by atoms with Crippen molar-refractivity contribution < 1.29 is 0 Å². The fraction of sp³-hybridized carbons (Fsp3) is 1.00.